The van der Waals surface area contributed by atoms with Crippen LogP contribution >= 0.6 is 0 Å². The molecule has 4 aromatic rings. The Labute approximate surface area is 170 Å². The quantitative estimate of drug-likeness (QED) is 0.475. The van der Waals surface area contributed by atoms with E-state index in [1.54, 1.807) is 61.3 Å². The Morgan fingerprint density at radius 2 is 2.00 bits per heavy atom. The van der Waals surface area contributed by atoms with Gasteiger partial charge in [0, 0.05) is 20.7 Å². The van der Waals surface area contributed by atoms with E-state index in [4.69, 9.17) is 4.42 Å². The Balaban J connectivity index is 0.00000171. The van der Waals surface area contributed by atoms with Gasteiger partial charge in [-0.3, -0.25) is 4.40 Å². The molecule has 3 aromatic heterocycles. The van der Waals surface area contributed by atoms with Gasteiger partial charge < -0.3 is 9.73 Å². The summed E-state index contributed by atoms with van der Waals surface area (Å²) in [4.78, 5) is 4.67. The van der Waals surface area contributed by atoms with Crippen molar-refractivity contribution in [3.05, 3.63) is 60.9 Å². The van der Waals surface area contributed by atoms with Crippen LogP contribution in [0.4, 0.5) is 5.95 Å². The van der Waals surface area contributed by atoms with Crippen LogP contribution in [0.25, 0.3) is 16.8 Å². The number of hydrogen-bond acceptors (Lipinski definition) is 7. The minimum absolute atomic E-state index is 0. The van der Waals surface area contributed by atoms with E-state index in [0.29, 0.717) is 18.1 Å². The number of furan rings is 1. The van der Waals surface area contributed by atoms with E-state index in [1.807, 2.05) is 12.1 Å². The lowest BCUT2D eigenvalue weighted by Gasteiger charge is -2.11. The van der Waals surface area contributed by atoms with Gasteiger partial charge in [0.05, 0.1) is 17.7 Å². The van der Waals surface area contributed by atoms with Gasteiger partial charge in [0.1, 0.15) is 12.1 Å². The molecular weight excluding hydrogens is 392 g/mol. The summed E-state index contributed by atoms with van der Waals surface area (Å²) in [6, 6.07) is 10.1. The van der Waals surface area contributed by atoms with E-state index in [0.717, 1.165) is 16.9 Å². The smallest absolute Gasteiger partial charge is 0.240 e. The van der Waals surface area contributed by atoms with Crippen molar-refractivity contribution in [1.29, 1.82) is 0 Å². The average Bonchev–Trinajstić information content (AvgIpc) is 3.37. The molecule has 0 aliphatic carbocycles. The van der Waals surface area contributed by atoms with Gasteiger partial charge in [0.25, 0.3) is 0 Å². The molecule has 0 saturated heterocycles. The number of nitrogens with one attached hydrogen (secondary N) is 2. The van der Waals surface area contributed by atoms with Crippen LogP contribution in [0.1, 0.15) is 22.5 Å². The summed E-state index contributed by atoms with van der Waals surface area (Å²) in [6.07, 6.45) is 4.87. The zero-order valence-corrected chi connectivity index (χ0v) is 16.7. The second-order valence-electron chi connectivity index (χ2n) is 6.75. The summed E-state index contributed by atoms with van der Waals surface area (Å²) < 4.78 is 34.2. The van der Waals surface area contributed by atoms with Gasteiger partial charge in [-0.2, -0.15) is 0 Å². The Morgan fingerprint density at radius 1 is 1.21 bits per heavy atom. The van der Waals surface area contributed by atoms with Crippen LogP contribution in [-0.4, -0.2) is 34.0 Å². The van der Waals surface area contributed by atoms with Gasteiger partial charge in [0.15, 0.2) is 5.65 Å². The second kappa shape index (κ2) is 7.64. The van der Waals surface area contributed by atoms with Crippen LogP contribution in [-0.2, 0) is 16.6 Å². The zero-order valence-electron chi connectivity index (χ0n) is 15.9. The summed E-state index contributed by atoms with van der Waals surface area (Å²) in [6.45, 7) is 4.03. The van der Waals surface area contributed by atoms with Crippen molar-refractivity contribution in [3.8, 4) is 11.1 Å². The average molecular weight is 417 g/mol. The molecule has 0 unspecified atom stereocenters. The molecule has 154 valence electrons. The summed E-state index contributed by atoms with van der Waals surface area (Å²) >= 11 is 0. The molecule has 0 aliphatic rings. The molecular formula is C19H24N6O3S. The highest BCUT2D eigenvalue weighted by Gasteiger charge is 2.16. The maximum absolute atomic E-state index is 12.3. The highest BCUT2D eigenvalue weighted by Crippen LogP contribution is 2.26. The summed E-state index contributed by atoms with van der Waals surface area (Å²) in [5.41, 5.74) is 2.14. The third-order valence-corrected chi connectivity index (χ3v) is 5.87. The van der Waals surface area contributed by atoms with Crippen LogP contribution in [0.15, 0.2) is 64.5 Å². The van der Waals surface area contributed by atoms with Gasteiger partial charge in [-0.05, 0) is 43.7 Å². The minimum Gasteiger partial charge on any atom is -0.467 e. The Bertz CT molecular complexity index is 1230. The fourth-order valence-electron chi connectivity index (χ4n) is 2.93. The number of anilines is 1. The largest absolute Gasteiger partial charge is 0.467 e. The number of aromatic nitrogens is 4. The molecule has 0 radical (unpaired) electrons. The summed E-state index contributed by atoms with van der Waals surface area (Å²) in [5, 5.41) is 11.4. The molecule has 9 nitrogen and oxygen atoms in total. The molecule has 29 heavy (non-hydrogen) atoms. The molecule has 0 fully saturated rings. The first-order valence-corrected chi connectivity index (χ1v) is 10.5. The van der Waals surface area contributed by atoms with Crippen molar-refractivity contribution in [2.24, 2.45) is 0 Å². The molecule has 4 rings (SSSR count). The van der Waals surface area contributed by atoms with Crippen molar-refractivity contribution in [1.82, 2.24) is 24.3 Å². The van der Waals surface area contributed by atoms with Gasteiger partial charge in [-0.1, -0.05) is 12.1 Å². The normalized spacial score (nSPS) is 12.0. The highest BCUT2D eigenvalue weighted by molar-refractivity contribution is 7.89. The second-order valence-corrected chi connectivity index (χ2v) is 8.47. The van der Waals surface area contributed by atoms with E-state index in [2.05, 4.69) is 25.2 Å². The third kappa shape index (κ3) is 3.98. The van der Waals surface area contributed by atoms with Crippen LogP contribution in [0, 0.1) is 0 Å². The molecule has 0 bridgehead atoms. The number of hydrogen-bond donors (Lipinski definition) is 2. The number of benzene rings is 1. The first kappa shape index (κ1) is 19.1. The van der Waals surface area contributed by atoms with E-state index < -0.39 is 10.0 Å². The predicted molar refractivity (Wildman–Crippen MR) is 112 cm³/mol. The van der Waals surface area contributed by atoms with Crippen molar-refractivity contribution in [2.75, 3.05) is 5.32 Å². The SMILES string of the molecule is CC(C)NS(=O)(=O)c1ccc(-c2cnc(NCc3ccco3)n3cnnc23)cc1.[HH].[HH]. The van der Waals surface area contributed by atoms with E-state index in [9.17, 15) is 8.42 Å². The van der Waals surface area contributed by atoms with E-state index in [-0.39, 0.29) is 13.8 Å². The van der Waals surface area contributed by atoms with Crippen LogP contribution < -0.4 is 10.0 Å². The number of nitrogens with zero attached hydrogens (tertiary/aromatic N) is 4. The fourth-order valence-corrected chi connectivity index (χ4v) is 4.18. The van der Waals surface area contributed by atoms with E-state index in [1.165, 1.54) is 0 Å². The molecule has 0 aliphatic heterocycles. The van der Waals surface area contributed by atoms with Crippen molar-refractivity contribution >= 4 is 21.6 Å². The molecule has 0 amide bonds. The number of sulfonamides is 1. The maximum Gasteiger partial charge on any atom is 0.240 e. The monoisotopic (exact) mass is 416 g/mol. The molecule has 3 heterocycles. The lowest BCUT2D eigenvalue weighted by Crippen LogP contribution is -2.30. The Morgan fingerprint density at radius 3 is 2.69 bits per heavy atom. The van der Waals surface area contributed by atoms with Gasteiger partial charge in [-0.15, -0.1) is 10.2 Å². The molecule has 2 N–H and O–H groups in total. The molecule has 1 aromatic carbocycles. The lowest BCUT2D eigenvalue weighted by molar-refractivity contribution is 0.517. The van der Waals surface area contributed by atoms with E-state index >= 15 is 0 Å². The maximum atomic E-state index is 12.3. The van der Waals surface area contributed by atoms with Crippen molar-refractivity contribution in [2.45, 2.75) is 31.3 Å². The lowest BCUT2D eigenvalue weighted by atomic mass is 10.1. The first-order chi connectivity index (χ1) is 13.9. The van der Waals surface area contributed by atoms with Crippen LogP contribution in [0.2, 0.25) is 0 Å². The van der Waals surface area contributed by atoms with Gasteiger partial charge in [0.2, 0.25) is 16.0 Å². The Hall–Kier alpha value is -3.24. The topological polar surface area (TPSA) is 114 Å². The standard InChI is InChI=1S/C19H20N6O3S.2H2/c1-13(2)24-29(26,27)16-7-5-14(6-8-16)17-11-21-19(25-12-22-23-18(17)25)20-10-15-4-3-9-28-15;;/h3-9,11-13,24H,10H2,1-2H3,(H,20,21);2*1H. The molecule has 10 heteroatoms. The minimum atomic E-state index is -3.54. The molecule has 0 saturated carbocycles. The predicted octanol–water partition coefficient (Wildman–Crippen LogP) is 3.18. The van der Waals surface area contributed by atoms with Crippen molar-refractivity contribution < 1.29 is 15.7 Å². The van der Waals surface area contributed by atoms with Crippen LogP contribution in [0.3, 0.4) is 0 Å². The first-order valence-electron chi connectivity index (χ1n) is 9.02. The zero-order chi connectivity index (χ0) is 20.4. The fraction of sp³-hybridized carbons (Fsp3) is 0.211. The van der Waals surface area contributed by atoms with Gasteiger partial charge >= 0.3 is 0 Å². The molecule has 0 spiro atoms. The summed E-state index contributed by atoms with van der Waals surface area (Å²) in [7, 11) is -3.54. The number of rotatable bonds is 7. The van der Waals surface area contributed by atoms with Gasteiger partial charge in [-0.25, -0.2) is 18.1 Å². The van der Waals surface area contributed by atoms with Crippen LogP contribution in [0.5, 0.6) is 0 Å². The Kier molecular flexibility index (Phi) is 5.03. The highest BCUT2D eigenvalue weighted by atomic mass is 32.2. The molecule has 0 atom stereocenters. The third-order valence-electron chi connectivity index (χ3n) is 4.20. The number of fused-ring (bicyclic) bond motifs is 1. The summed E-state index contributed by atoms with van der Waals surface area (Å²) in [5.74, 6) is 1.36. The van der Waals surface area contributed by atoms with Crippen molar-refractivity contribution in [3.63, 3.8) is 0 Å².